The highest BCUT2D eigenvalue weighted by molar-refractivity contribution is 7.99. The summed E-state index contributed by atoms with van der Waals surface area (Å²) in [5.74, 6) is 4.34. The van der Waals surface area contributed by atoms with Gasteiger partial charge in [0.15, 0.2) is 0 Å². The lowest BCUT2D eigenvalue weighted by Crippen LogP contribution is -2.26. The first-order valence-corrected chi connectivity index (χ1v) is 6.80. The van der Waals surface area contributed by atoms with Crippen LogP contribution < -0.4 is 10.6 Å². The van der Waals surface area contributed by atoms with Gasteiger partial charge in [0.05, 0.1) is 0 Å². The lowest BCUT2D eigenvalue weighted by molar-refractivity contribution is 0.681. The van der Waals surface area contributed by atoms with Gasteiger partial charge in [-0.1, -0.05) is 0 Å². The minimum atomic E-state index is 0.553. The van der Waals surface area contributed by atoms with E-state index in [4.69, 9.17) is 0 Å². The second kappa shape index (κ2) is 5.39. The zero-order valence-corrected chi connectivity index (χ0v) is 10.6. The van der Waals surface area contributed by atoms with Crippen molar-refractivity contribution in [3.63, 3.8) is 0 Å². The highest BCUT2D eigenvalue weighted by Crippen LogP contribution is 2.23. The third-order valence-electron chi connectivity index (χ3n) is 2.82. The summed E-state index contributed by atoms with van der Waals surface area (Å²) in [4.78, 5) is 8.49. The van der Waals surface area contributed by atoms with Crippen LogP contribution in [0.1, 0.15) is 18.4 Å². The molecule has 16 heavy (non-hydrogen) atoms. The van der Waals surface area contributed by atoms with Crippen molar-refractivity contribution in [3.8, 4) is 0 Å². The Morgan fingerprint density at radius 1 is 1.38 bits per heavy atom. The van der Waals surface area contributed by atoms with Gasteiger partial charge < -0.3 is 10.6 Å². The summed E-state index contributed by atoms with van der Waals surface area (Å²) in [6, 6.07) is 0.553. The third kappa shape index (κ3) is 2.58. The molecular formula is C11H18N4S. The summed E-state index contributed by atoms with van der Waals surface area (Å²) < 4.78 is 0. The second-order valence-electron chi connectivity index (χ2n) is 4.00. The first-order chi connectivity index (χ1) is 7.81. The van der Waals surface area contributed by atoms with Gasteiger partial charge in [0.25, 0.3) is 0 Å². The monoisotopic (exact) mass is 238 g/mol. The van der Waals surface area contributed by atoms with E-state index < -0.39 is 0 Å². The van der Waals surface area contributed by atoms with E-state index in [1.165, 1.54) is 24.3 Å². The van der Waals surface area contributed by atoms with E-state index in [9.17, 15) is 0 Å². The number of aromatic nitrogens is 2. The Morgan fingerprint density at radius 2 is 2.19 bits per heavy atom. The number of nitrogens with zero attached hydrogens (tertiary/aromatic N) is 2. The molecule has 1 aromatic rings. The Hall–Kier alpha value is -0.970. The van der Waals surface area contributed by atoms with Crippen LogP contribution >= 0.6 is 11.8 Å². The van der Waals surface area contributed by atoms with E-state index in [0.29, 0.717) is 6.04 Å². The molecule has 1 aromatic heterocycles. The van der Waals surface area contributed by atoms with Crippen LogP contribution in [0, 0.1) is 6.92 Å². The highest BCUT2D eigenvalue weighted by Gasteiger charge is 2.15. The van der Waals surface area contributed by atoms with Gasteiger partial charge in [0, 0.05) is 24.4 Å². The standard InChI is InChI=1S/C11H18N4S/c1-8-10(12-2)13-7-14-11(8)15-9-4-3-5-16-6-9/h7,9H,3-6H2,1-2H3,(H2,12,13,14,15). The summed E-state index contributed by atoms with van der Waals surface area (Å²) in [5, 5.41) is 6.59. The van der Waals surface area contributed by atoms with Crippen molar-refractivity contribution >= 4 is 23.4 Å². The van der Waals surface area contributed by atoms with E-state index in [2.05, 4.69) is 20.6 Å². The fourth-order valence-corrected chi connectivity index (χ4v) is 2.97. The molecule has 2 N–H and O–H groups in total. The minimum Gasteiger partial charge on any atom is -0.373 e. The molecule has 0 saturated carbocycles. The molecule has 1 aliphatic heterocycles. The molecule has 0 amide bonds. The quantitative estimate of drug-likeness (QED) is 0.845. The first-order valence-electron chi connectivity index (χ1n) is 5.65. The van der Waals surface area contributed by atoms with Crippen LogP contribution in [0.25, 0.3) is 0 Å². The van der Waals surface area contributed by atoms with Gasteiger partial charge >= 0.3 is 0 Å². The molecule has 0 aliphatic carbocycles. The van der Waals surface area contributed by atoms with Crippen LogP contribution in [0.4, 0.5) is 11.6 Å². The maximum absolute atomic E-state index is 4.31. The van der Waals surface area contributed by atoms with Gasteiger partial charge in [-0.2, -0.15) is 11.8 Å². The molecule has 0 radical (unpaired) electrons. The lowest BCUT2D eigenvalue weighted by atomic mass is 10.2. The fourth-order valence-electron chi connectivity index (χ4n) is 1.90. The first kappa shape index (κ1) is 11.5. The van der Waals surface area contributed by atoms with E-state index in [0.717, 1.165) is 17.2 Å². The average molecular weight is 238 g/mol. The van der Waals surface area contributed by atoms with Crippen LogP contribution in [-0.4, -0.2) is 34.6 Å². The van der Waals surface area contributed by atoms with Crippen LogP contribution in [0.15, 0.2) is 6.33 Å². The van der Waals surface area contributed by atoms with Crippen molar-refractivity contribution in [2.24, 2.45) is 0 Å². The Morgan fingerprint density at radius 3 is 2.88 bits per heavy atom. The average Bonchev–Trinajstić information content (AvgIpc) is 2.33. The zero-order chi connectivity index (χ0) is 11.4. The summed E-state index contributed by atoms with van der Waals surface area (Å²) >= 11 is 2.02. The predicted molar refractivity (Wildman–Crippen MR) is 70.3 cm³/mol. The van der Waals surface area contributed by atoms with Gasteiger partial charge in [-0.3, -0.25) is 0 Å². The van der Waals surface area contributed by atoms with Crippen LogP contribution in [0.5, 0.6) is 0 Å². The Labute approximate surface area is 101 Å². The molecule has 1 unspecified atom stereocenters. The van der Waals surface area contributed by atoms with Gasteiger partial charge in [-0.25, -0.2) is 9.97 Å². The van der Waals surface area contributed by atoms with E-state index in [1.807, 2.05) is 25.7 Å². The number of anilines is 2. The van der Waals surface area contributed by atoms with Crippen LogP contribution in [0.2, 0.25) is 0 Å². The molecule has 2 rings (SSSR count). The highest BCUT2D eigenvalue weighted by atomic mass is 32.2. The number of rotatable bonds is 3. The van der Waals surface area contributed by atoms with Gasteiger partial charge in [-0.05, 0) is 25.5 Å². The maximum atomic E-state index is 4.31. The molecule has 4 nitrogen and oxygen atoms in total. The molecule has 0 bridgehead atoms. The molecule has 2 heterocycles. The summed E-state index contributed by atoms with van der Waals surface area (Å²) in [5.41, 5.74) is 1.10. The van der Waals surface area contributed by atoms with Crippen molar-refractivity contribution in [3.05, 3.63) is 11.9 Å². The van der Waals surface area contributed by atoms with Crippen LogP contribution in [0.3, 0.4) is 0 Å². The summed E-state index contributed by atoms with van der Waals surface area (Å²) in [6.07, 6.45) is 4.15. The van der Waals surface area contributed by atoms with Crippen molar-refractivity contribution in [1.29, 1.82) is 0 Å². The molecule has 1 fully saturated rings. The van der Waals surface area contributed by atoms with Crippen LogP contribution in [-0.2, 0) is 0 Å². The SMILES string of the molecule is CNc1ncnc(NC2CCCSC2)c1C. The van der Waals surface area contributed by atoms with Crippen molar-refractivity contribution in [2.75, 3.05) is 29.2 Å². The predicted octanol–water partition coefficient (Wildman–Crippen LogP) is 2.13. The topological polar surface area (TPSA) is 49.8 Å². The third-order valence-corrected chi connectivity index (χ3v) is 4.04. The fraction of sp³-hybridized carbons (Fsp3) is 0.636. The molecule has 1 atom stereocenters. The summed E-state index contributed by atoms with van der Waals surface area (Å²) in [7, 11) is 1.88. The molecule has 1 saturated heterocycles. The molecule has 0 aromatic carbocycles. The zero-order valence-electron chi connectivity index (χ0n) is 9.79. The Balaban J connectivity index is 2.08. The second-order valence-corrected chi connectivity index (χ2v) is 5.15. The Bertz CT molecular complexity index is 350. The van der Waals surface area contributed by atoms with E-state index in [-0.39, 0.29) is 0 Å². The number of hydrogen-bond acceptors (Lipinski definition) is 5. The summed E-state index contributed by atoms with van der Waals surface area (Å²) in [6.45, 7) is 2.05. The van der Waals surface area contributed by atoms with Gasteiger partial charge in [0.2, 0.25) is 0 Å². The lowest BCUT2D eigenvalue weighted by Gasteiger charge is -2.24. The normalized spacial score (nSPS) is 20.5. The van der Waals surface area contributed by atoms with Gasteiger partial charge in [-0.15, -0.1) is 0 Å². The van der Waals surface area contributed by atoms with Gasteiger partial charge in [0.1, 0.15) is 18.0 Å². The van der Waals surface area contributed by atoms with E-state index >= 15 is 0 Å². The largest absolute Gasteiger partial charge is 0.373 e. The Kier molecular flexibility index (Phi) is 3.88. The molecule has 5 heteroatoms. The molecule has 1 aliphatic rings. The number of nitrogens with one attached hydrogen (secondary N) is 2. The number of thioether (sulfide) groups is 1. The molecule has 88 valence electrons. The van der Waals surface area contributed by atoms with Crippen molar-refractivity contribution in [2.45, 2.75) is 25.8 Å². The number of hydrogen-bond donors (Lipinski definition) is 2. The van der Waals surface area contributed by atoms with Crippen molar-refractivity contribution in [1.82, 2.24) is 9.97 Å². The molecule has 0 spiro atoms. The smallest absolute Gasteiger partial charge is 0.134 e. The van der Waals surface area contributed by atoms with Crippen molar-refractivity contribution < 1.29 is 0 Å². The minimum absolute atomic E-state index is 0.553. The maximum Gasteiger partial charge on any atom is 0.134 e. The van der Waals surface area contributed by atoms with E-state index in [1.54, 1.807) is 6.33 Å². The molecular weight excluding hydrogens is 220 g/mol.